The van der Waals surface area contributed by atoms with Gasteiger partial charge in [-0.05, 0) is 49.4 Å². The van der Waals surface area contributed by atoms with E-state index in [0.717, 1.165) is 22.9 Å². The molecule has 0 aliphatic heterocycles. The van der Waals surface area contributed by atoms with Gasteiger partial charge in [-0.15, -0.1) is 0 Å². The van der Waals surface area contributed by atoms with Gasteiger partial charge in [0.15, 0.2) is 11.5 Å². The van der Waals surface area contributed by atoms with E-state index in [1.54, 1.807) is 13.0 Å². The highest BCUT2D eigenvalue weighted by Gasteiger charge is 2.19. The molecule has 2 N–H and O–H groups in total. The summed E-state index contributed by atoms with van der Waals surface area (Å²) in [5.41, 5.74) is 0.0440. The van der Waals surface area contributed by atoms with Gasteiger partial charge in [0.2, 0.25) is 0 Å². The molecule has 2 aromatic carbocycles. The molecule has 0 aliphatic rings. The van der Waals surface area contributed by atoms with Crippen LogP contribution in [0.3, 0.4) is 0 Å². The number of carbonyl (C=O) groups excluding carboxylic acids is 1. The van der Waals surface area contributed by atoms with Gasteiger partial charge in [0, 0.05) is 24.2 Å². The topological polar surface area (TPSA) is 115 Å². The van der Waals surface area contributed by atoms with Crippen LogP contribution in [0.2, 0.25) is 5.02 Å². The number of anilines is 1. The molecule has 0 unspecified atom stereocenters. The normalized spacial score (nSPS) is 11.0. The van der Waals surface area contributed by atoms with Crippen LogP contribution in [0.1, 0.15) is 16.1 Å². The Morgan fingerprint density at radius 3 is 2.64 bits per heavy atom. The van der Waals surface area contributed by atoms with Gasteiger partial charge in [0.05, 0.1) is 21.8 Å². The molecule has 3 heterocycles. The lowest BCUT2D eigenvalue weighted by molar-refractivity contribution is 0.102. The van der Waals surface area contributed by atoms with Gasteiger partial charge in [-0.3, -0.25) is 14.7 Å². The second kappa shape index (κ2) is 9.19. The average Bonchev–Trinajstić information content (AvgIpc) is 3.24. The summed E-state index contributed by atoms with van der Waals surface area (Å²) in [5.74, 6) is -1.85. The third-order valence-electron chi connectivity index (χ3n) is 5.25. The number of aromatic nitrogens is 5. The number of nitrogens with one attached hydrogen (secondary N) is 2. The van der Waals surface area contributed by atoms with Crippen molar-refractivity contribution in [2.45, 2.75) is 6.92 Å². The van der Waals surface area contributed by atoms with Crippen LogP contribution in [0.5, 0.6) is 11.5 Å². The molecule has 12 heteroatoms. The minimum atomic E-state index is -0.883. The number of benzene rings is 2. The third kappa shape index (κ3) is 4.27. The van der Waals surface area contributed by atoms with Crippen molar-refractivity contribution in [1.29, 1.82) is 0 Å². The number of nitrogens with zero attached hydrogens (tertiary/aromatic N) is 4. The van der Waals surface area contributed by atoms with Crippen molar-refractivity contribution in [2.75, 3.05) is 5.32 Å². The van der Waals surface area contributed by atoms with E-state index < -0.39 is 23.1 Å². The summed E-state index contributed by atoms with van der Waals surface area (Å²) >= 11 is 6.31. The average molecular weight is 509 g/mol. The van der Waals surface area contributed by atoms with Crippen LogP contribution in [0, 0.1) is 18.6 Å². The molecule has 36 heavy (non-hydrogen) atoms. The van der Waals surface area contributed by atoms with Crippen molar-refractivity contribution in [3.05, 3.63) is 99.2 Å². The Balaban J connectivity index is 1.42. The molecular formula is C24H15ClF2N6O3. The quantitative estimate of drug-likeness (QED) is 0.353. The summed E-state index contributed by atoms with van der Waals surface area (Å²) in [6.45, 7) is 1.79. The SMILES string of the molecule is Cc1[nH]nc2nccc(Oc3cc(F)c(NC(=O)c4ccnn(-c5ccc(F)cc5)c4=O)cc3Cl)c12. The van der Waals surface area contributed by atoms with E-state index in [0.29, 0.717) is 22.5 Å². The minimum Gasteiger partial charge on any atom is -0.455 e. The number of ether oxygens (including phenoxy) is 1. The number of hydrogen-bond donors (Lipinski definition) is 2. The summed E-state index contributed by atoms with van der Waals surface area (Å²) in [5, 5.41) is 13.7. The maximum absolute atomic E-state index is 14.9. The van der Waals surface area contributed by atoms with Crippen LogP contribution in [0.4, 0.5) is 14.5 Å². The van der Waals surface area contributed by atoms with Crippen molar-refractivity contribution < 1.29 is 18.3 Å². The van der Waals surface area contributed by atoms with Crippen LogP contribution in [-0.4, -0.2) is 30.9 Å². The molecule has 1 amide bonds. The van der Waals surface area contributed by atoms with Crippen molar-refractivity contribution in [2.24, 2.45) is 0 Å². The predicted molar refractivity (Wildman–Crippen MR) is 128 cm³/mol. The highest BCUT2D eigenvalue weighted by Crippen LogP contribution is 2.36. The van der Waals surface area contributed by atoms with Gasteiger partial charge in [0.25, 0.3) is 11.5 Å². The van der Waals surface area contributed by atoms with E-state index >= 15 is 0 Å². The molecule has 0 bridgehead atoms. The van der Waals surface area contributed by atoms with Crippen molar-refractivity contribution in [3.8, 4) is 17.2 Å². The lowest BCUT2D eigenvalue weighted by Crippen LogP contribution is -2.29. The van der Waals surface area contributed by atoms with E-state index in [1.807, 2.05) is 0 Å². The Morgan fingerprint density at radius 1 is 1.08 bits per heavy atom. The summed E-state index contributed by atoms with van der Waals surface area (Å²) in [4.78, 5) is 29.7. The first kappa shape index (κ1) is 23.1. The number of rotatable bonds is 5. The van der Waals surface area contributed by atoms with Crippen LogP contribution >= 0.6 is 11.6 Å². The van der Waals surface area contributed by atoms with Crippen LogP contribution in [-0.2, 0) is 0 Å². The largest absolute Gasteiger partial charge is 0.455 e. The van der Waals surface area contributed by atoms with Crippen molar-refractivity contribution >= 4 is 34.2 Å². The number of fused-ring (bicyclic) bond motifs is 1. The number of aromatic amines is 1. The molecular weight excluding hydrogens is 494 g/mol. The standard InChI is InChI=1S/C24H15ClF2N6O3/c1-12-21-19(7-8-28-22(21)32-31-12)36-20-11-17(27)18(10-16(20)25)30-23(34)15-6-9-29-33(24(15)35)14-4-2-13(26)3-5-14/h2-11H,1H3,(H,30,34)(H,28,31,32). The van der Waals surface area contributed by atoms with Gasteiger partial charge in [-0.2, -0.15) is 14.9 Å². The first-order valence-corrected chi connectivity index (χ1v) is 10.8. The van der Waals surface area contributed by atoms with Gasteiger partial charge in [-0.25, -0.2) is 13.8 Å². The zero-order valence-corrected chi connectivity index (χ0v) is 19.2. The zero-order chi connectivity index (χ0) is 25.4. The molecule has 0 saturated carbocycles. The molecule has 0 aliphatic carbocycles. The maximum atomic E-state index is 14.9. The second-order valence-electron chi connectivity index (χ2n) is 7.61. The maximum Gasteiger partial charge on any atom is 0.284 e. The van der Waals surface area contributed by atoms with Gasteiger partial charge < -0.3 is 10.1 Å². The van der Waals surface area contributed by atoms with E-state index in [1.165, 1.54) is 36.7 Å². The van der Waals surface area contributed by atoms with E-state index in [-0.39, 0.29) is 27.7 Å². The molecule has 0 radical (unpaired) electrons. The Morgan fingerprint density at radius 2 is 1.86 bits per heavy atom. The summed E-state index contributed by atoms with van der Waals surface area (Å²) in [6.07, 6.45) is 2.72. The van der Waals surface area contributed by atoms with E-state index in [9.17, 15) is 18.4 Å². The lowest BCUT2D eigenvalue weighted by Gasteiger charge is -2.12. The van der Waals surface area contributed by atoms with Crippen LogP contribution < -0.4 is 15.6 Å². The molecule has 0 fully saturated rings. The fourth-order valence-corrected chi connectivity index (χ4v) is 3.71. The number of aryl methyl sites for hydroxylation is 1. The monoisotopic (exact) mass is 508 g/mol. The molecule has 3 aromatic heterocycles. The highest BCUT2D eigenvalue weighted by atomic mass is 35.5. The predicted octanol–water partition coefficient (Wildman–Crippen LogP) is 4.79. The zero-order valence-electron chi connectivity index (χ0n) is 18.4. The third-order valence-corrected chi connectivity index (χ3v) is 5.54. The fraction of sp³-hybridized carbons (Fsp3) is 0.0417. The minimum absolute atomic E-state index is 0.00263. The van der Waals surface area contributed by atoms with Crippen molar-refractivity contribution in [3.63, 3.8) is 0 Å². The number of hydrogen-bond acceptors (Lipinski definition) is 6. The van der Waals surface area contributed by atoms with E-state index in [4.69, 9.17) is 16.3 Å². The van der Waals surface area contributed by atoms with Gasteiger partial charge >= 0.3 is 0 Å². The number of amides is 1. The van der Waals surface area contributed by atoms with Gasteiger partial charge in [-0.1, -0.05) is 11.6 Å². The Labute approximate surface area is 206 Å². The molecule has 180 valence electrons. The fourth-order valence-electron chi connectivity index (χ4n) is 3.51. The first-order valence-electron chi connectivity index (χ1n) is 10.4. The first-order chi connectivity index (χ1) is 17.3. The summed E-state index contributed by atoms with van der Waals surface area (Å²) in [6, 6.07) is 9.95. The van der Waals surface area contributed by atoms with E-state index in [2.05, 4.69) is 25.6 Å². The van der Waals surface area contributed by atoms with Crippen molar-refractivity contribution in [1.82, 2.24) is 25.0 Å². The number of pyridine rings is 1. The summed E-state index contributed by atoms with van der Waals surface area (Å²) < 4.78 is 34.9. The molecule has 0 spiro atoms. The lowest BCUT2D eigenvalue weighted by atomic mass is 10.2. The smallest absolute Gasteiger partial charge is 0.284 e. The Kier molecular flexibility index (Phi) is 5.90. The molecule has 0 saturated heterocycles. The molecule has 9 nitrogen and oxygen atoms in total. The highest BCUT2D eigenvalue weighted by molar-refractivity contribution is 6.32. The van der Waals surface area contributed by atoms with Crippen LogP contribution in [0.25, 0.3) is 16.7 Å². The number of carbonyl (C=O) groups is 1. The molecule has 5 rings (SSSR count). The molecule has 5 aromatic rings. The van der Waals surface area contributed by atoms with Crippen LogP contribution in [0.15, 0.2) is 65.7 Å². The van der Waals surface area contributed by atoms with Gasteiger partial charge in [0.1, 0.15) is 22.9 Å². The Hall–Kier alpha value is -4.64. The number of H-pyrrole nitrogens is 1. The Bertz CT molecular complexity index is 1680. The molecule has 0 atom stereocenters. The second-order valence-corrected chi connectivity index (χ2v) is 8.02. The number of halogens is 3. The summed E-state index contributed by atoms with van der Waals surface area (Å²) in [7, 11) is 0.